The van der Waals surface area contributed by atoms with Crippen LogP contribution in [0.2, 0.25) is 0 Å². The van der Waals surface area contributed by atoms with Gasteiger partial charge in [-0.25, -0.2) is 9.97 Å². The Morgan fingerprint density at radius 2 is 2.06 bits per heavy atom. The van der Waals surface area contributed by atoms with E-state index in [9.17, 15) is 4.79 Å². The molecule has 5 heterocycles. The highest BCUT2D eigenvalue weighted by Crippen LogP contribution is 2.18. The smallest absolute Gasteiger partial charge is 0.271 e. The third-order valence-electron chi connectivity index (χ3n) is 4.78. The molecule has 5 aromatic rings. The van der Waals surface area contributed by atoms with Gasteiger partial charge in [0.05, 0.1) is 30.0 Å². The molecule has 0 bridgehead atoms. The highest BCUT2D eigenvalue weighted by Gasteiger charge is 2.15. The van der Waals surface area contributed by atoms with Crippen LogP contribution in [0.3, 0.4) is 0 Å². The number of nitrogens with zero attached hydrogens (tertiary/aromatic N) is 5. The first-order chi connectivity index (χ1) is 15.3. The Morgan fingerprint density at radius 3 is 2.90 bits per heavy atom. The molecule has 0 radical (unpaired) electrons. The molecule has 5 aromatic heterocycles. The summed E-state index contributed by atoms with van der Waals surface area (Å²) in [5, 5.41) is 8.23. The minimum absolute atomic E-state index is 0.216. The van der Waals surface area contributed by atoms with Crippen molar-refractivity contribution in [2.75, 3.05) is 5.32 Å². The SMILES string of the molecule is O=C(NCc1cccs1)c1cn(-c2nc(CNc3cccnc3)c3ccccn23)cn1. The molecule has 1 amide bonds. The Hall–Kier alpha value is -3.98. The molecule has 0 aliphatic heterocycles. The Balaban J connectivity index is 1.38. The second kappa shape index (κ2) is 8.41. The third kappa shape index (κ3) is 4.03. The zero-order valence-electron chi connectivity index (χ0n) is 16.5. The summed E-state index contributed by atoms with van der Waals surface area (Å²) >= 11 is 1.61. The van der Waals surface area contributed by atoms with Crippen LogP contribution in [0.5, 0.6) is 0 Å². The van der Waals surface area contributed by atoms with Gasteiger partial charge in [0, 0.05) is 29.7 Å². The second-order valence-electron chi connectivity index (χ2n) is 6.84. The first kappa shape index (κ1) is 19.0. The largest absolute Gasteiger partial charge is 0.378 e. The van der Waals surface area contributed by atoms with Crippen molar-refractivity contribution in [1.29, 1.82) is 0 Å². The van der Waals surface area contributed by atoms with E-state index in [1.54, 1.807) is 40.8 Å². The van der Waals surface area contributed by atoms with Crippen molar-refractivity contribution in [1.82, 2.24) is 29.2 Å². The minimum Gasteiger partial charge on any atom is -0.378 e. The van der Waals surface area contributed by atoms with Gasteiger partial charge < -0.3 is 10.6 Å². The number of pyridine rings is 2. The van der Waals surface area contributed by atoms with Gasteiger partial charge in [-0.3, -0.25) is 18.7 Å². The summed E-state index contributed by atoms with van der Waals surface area (Å²) in [4.78, 5) is 26.8. The molecular formula is C22H19N7OS. The van der Waals surface area contributed by atoms with E-state index in [0.717, 1.165) is 21.8 Å². The van der Waals surface area contributed by atoms with Crippen LogP contribution in [0.1, 0.15) is 21.1 Å². The monoisotopic (exact) mass is 429 g/mol. The molecular weight excluding hydrogens is 410 g/mol. The lowest BCUT2D eigenvalue weighted by Gasteiger charge is -2.03. The zero-order chi connectivity index (χ0) is 21.0. The maximum absolute atomic E-state index is 12.5. The molecule has 0 saturated heterocycles. The Kier molecular flexibility index (Phi) is 5.16. The Bertz CT molecular complexity index is 1310. The third-order valence-corrected chi connectivity index (χ3v) is 5.65. The first-order valence-corrected chi connectivity index (χ1v) is 10.6. The molecule has 9 heteroatoms. The number of carbonyl (C=O) groups is 1. The molecule has 0 aromatic carbocycles. The number of imidazole rings is 2. The first-order valence-electron chi connectivity index (χ1n) is 9.73. The van der Waals surface area contributed by atoms with Gasteiger partial charge in [-0.15, -0.1) is 11.3 Å². The lowest BCUT2D eigenvalue weighted by atomic mass is 10.3. The van der Waals surface area contributed by atoms with Crippen molar-refractivity contribution in [3.8, 4) is 5.95 Å². The van der Waals surface area contributed by atoms with Crippen LogP contribution in [0.4, 0.5) is 5.69 Å². The summed E-state index contributed by atoms with van der Waals surface area (Å²) in [5.41, 5.74) is 3.14. The minimum atomic E-state index is -0.216. The van der Waals surface area contributed by atoms with Gasteiger partial charge in [0.15, 0.2) is 0 Å². The van der Waals surface area contributed by atoms with E-state index < -0.39 is 0 Å². The van der Waals surface area contributed by atoms with Gasteiger partial charge in [0.2, 0.25) is 5.95 Å². The maximum Gasteiger partial charge on any atom is 0.271 e. The number of nitrogens with one attached hydrogen (secondary N) is 2. The number of fused-ring (bicyclic) bond motifs is 1. The van der Waals surface area contributed by atoms with Crippen molar-refractivity contribution in [3.63, 3.8) is 0 Å². The van der Waals surface area contributed by atoms with E-state index in [4.69, 9.17) is 4.98 Å². The average Bonchev–Trinajstić information content (AvgIpc) is 3.57. The van der Waals surface area contributed by atoms with E-state index >= 15 is 0 Å². The fraction of sp³-hybridized carbons (Fsp3) is 0.0909. The number of anilines is 1. The highest BCUT2D eigenvalue weighted by atomic mass is 32.1. The van der Waals surface area contributed by atoms with Crippen LogP contribution < -0.4 is 10.6 Å². The standard InChI is InChI=1S/C22H19N7OS/c30-21(25-12-17-6-4-10-31-17)19-14-28(15-26-19)22-27-18(20-7-1-2-9-29(20)22)13-24-16-5-3-8-23-11-16/h1-11,14-15,24H,12-13H2,(H,25,30). The summed E-state index contributed by atoms with van der Waals surface area (Å²) in [6.45, 7) is 1.03. The molecule has 31 heavy (non-hydrogen) atoms. The van der Waals surface area contributed by atoms with E-state index in [1.807, 2.05) is 58.4 Å². The van der Waals surface area contributed by atoms with Crippen LogP contribution in [0.15, 0.2) is 79.0 Å². The Labute approximate surface area is 182 Å². The number of thiophene rings is 1. The molecule has 8 nitrogen and oxygen atoms in total. The van der Waals surface area contributed by atoms with Gasteiger partial charge in [-0.2, -0.15) is 0 Å². The lowest BCUT2D eigenvalue weighted by molar-refractivity contribution is 0.0947. The van der Waals surface area contributed by atoms with Gasteiger partial charge in [-0.1, -0.05) is 12.1 Å². The van der Waals surface area contributed by atoms with Crippen LogP contribution in [0, 0.1) is 0 Å². The van der Waals surface area contributed by atoms with E-state index in [1.165, 1.54) is 0 Å². The number of carbonyl (C=O) groups excluding carboxylic acids is 1. The van der Waals surface area contributed by atoms with Gasteiger partial charge >= 0.3 is 0 Å². The number of hydrogen-bond donors (Lipinski definition) is 2. The predicted octanol–water partition coefficient (Wildman–Crippen LogP) is 3.52. The summed E-state index contributed by atoms with van der Waals surface area (Å²) in [6, 6.07) is 13.7. The van der Waals surface area contributed by atoms with Crippen molar-refractivity contribution in [3.05, 3.63) is 95.2 Å². The van der Waals surface area contributed by atoms with Gasteiger partial charge in [0.25, 0.3) is 5.91 Å². The topological polar surface area (TPSA) is 89.1 Å². The lowest BCUT2D eigenvalue weighted by Crippen LogP contribution is -2.22. The summed E-state index contributed by atoms with van der Waals surface area (Å²) in [7, 11) is 0. The zero-order valence-corrected chi connectivity index (χ0v) is 17.3. The predicted molar refractivity (Wildman–Crippen MR) is 119 cm³/mol. The second-order valence-corrected chi connectivity index (χ2v) is 7.87. The van der Waals surface area contributed by atoms with Crippen molar-refractivity contribution in [2.24, 2.45) is 0 Å². The molecule has 0 saturated carbocycles. The van der Waals surface area contributed by atoms with E-state index in [0.29, 0.717) is 24.7 Å². The molecule has 0 atom stereocenters. The number of aromatic nitrogens is 5. The molecule has 0 unspecified atom stereocenters. The van der Waals surface area contributed by atoms with Crippen LogP contribution in [-0.2, 0) is 13.1 Å². The molecule has 0 spiro atoms. The van der Waals surface area contributed by atoms with Gasteiger partial charge in [0.1, 0.15) is 12.0 Å². The van der Waals surface area contributed by atoms with Crippen LogP contribution in [0.25, 0.3) is 11.5 Å². The molecule has 0 aliphatic carbocycles. The normalized spacial score (nSPS) is 11.0. The number of hydrogen-bond acceptors (Lipinski definition) is 6. The molecule has 2 N–H and O–H groups in total. The molecule has 154 valence electrons. The molecule has 5 rings (SSSR count). The van der Waals surface area contributed by atoms with Crippen LogP contribution in [-0.4, -0.2) is 29.8 Å². The average molecular weight is 430 g/mol. The van der Waals surface area contributed by atoms with Crippen molar-refractivity contribution < 1.29 is 4.79 Å². The van der Waals surface area contributed by atoms with Crippen molar-refractivity contribution in [2.45, 2.75) is 13.1 Å². The fourth-order valence-corrected chi connectivity index (χ4v) is 3.92. The quantitative estimate of drug-likeness (QED) is 0.413. The Morgan fingerprint density at radius 1 is 1.10 bits per heavy atom. The van der Waals surface area contributed by atoms with Gasteiger partial charge in [-0.05, 0) is 35.7 Å². The van der Waals surface area contributed by atoms with Crippen LogP contribution >= 0.6 is 11.3 Å². The fourth-order valence-electron chi connectivity index (χ4n) is 3.27. The van der Waals surface area contributed by atoms with E-state index in [2.05, 4.69) is 20.6 Å². The highest BCUT2D eigenvalue weighted by molar-refractivity contribution is 7.09. The molecule has 0 aliphatic rings. The number of rotatable bonds is 7. The van der Waals surface area contributed by atoms with E-state index in [-0.39, 0.29) is 5.91 Å². The summed E-state index contributed by atoms with van der Waals surface area (Å²) < 4.78 is 3.75. The maximum atomic E-state index is 12.5. The summed E-state index contributed by atoms with van der Waals surface area (Å²) in [5.74, 6) is 0.454. The molecule has 0 fully saturated rings. The summed E-state index contributed by atoms with van der Waals surface area (Å²) in [6.07, 6.45) is 8.77. The van der Waals surface area contributed by atoms with Crippen molar-refractivity contribution >= 4 is 28.4 Å². The number of amides is 1.